The van der Waals surface area contributed by atoms with E-state index in [0.29, 0.717) is 6.54 Å². The smallest absolute Gasteiger partial charge is 0.222 e. The van der Waals surface area contributed by atoms with Gasteiger partial charge in [-0.1, -0.05) is 13.8 Å². The van der Waals surface area contributed by atoms with Gasteiger partial charge in [0.15, 0.2) is 0 Å². The molecule has 88 valence electrons. The number of rotatable bonds is 3. The summed E-state index contributed by atoms with van der Waals surface area (Å²) in [4.78, 5) is 19.2. The molecule has 0 bridgehead atoms. The molecular formula is C12H19N3O. The number of nitrogens with one attached hydrogen (secondary N) is 2. The molecule has 4 nitrogen and oxygen atoms in total. The number of carbonyl (C=O) groups excluding carboxylic acids is 1. The molecule has 0 aromatic carbocycles. The zero-order chi connectivity index (χ0) is 11.5. The summed E-state index contributed by atoms with van der Waals surface area (Å²) < 4.78 is 0. The number of hydrogen-bond donors (Lipinski definition) is 2. The largest absolute Gasteiger partial charge is 0.349 e. The van der Waals surface area contributed by atoms with Crippen molar-refractivity contribution >= 4 is 5.91 Å². The minimum Gasteiger partial charge on any atom is -0.349 e. The van der Waals surface area contributed by atoms with E-state index in [1.54, 1.807) is 0 Å². The highest BCUT2D eigenvalue weighted by Crippen LogP contribution is 2.18. The van der Waals surface area contributed by atoms with Crippen molar-refractivity contribution in [3.63, 3.8) is 0 Å². The Morgan fingerprint density at radius 3 is 2.88 bits per heavy atom. The molecule has 1 aliphatic rings. The van der Waals surface area contributed by atoms with Crippen LogP contribution in [0.1, 0.15) is 43.9 Å². The number of amides is 1. The Kier molecular flexibility index (Phi) is 3.27. The van der Waals surface area contributed by atoms with Crippen molar-refractivity contribution in [2.24, 2.45) is 5.92 Å². The second kappa shape index (κ2) is 4.68. The average Bonchev–Trinajstić information content (AvgIpc) is 2.68. The zero-order valence-electron chi connectivity index (χ0n) is 9.97. The Morgan fingerprint density at radius 2 is 2.19 bits per heavy atom. The molecule has 0 fully saturated rings. The summed E-state index contributed by atoms with van der Waals surface area (Å²) in [5, 5.41) is 2.87. The summed E-state index contributed by atoms with van der Waals surface area (Å²) in [5.41, 5.74) is 2.46. The van der Waals surface area contributed by atoms with Gasteiger partial charge in [-0.15, -0.1) is 0 Å². The van der Waals surface area contributed by atoms with Crippen molar-refractivity contribution in [2.45, 2.75) is 46.1 Å². The molecule has 1 heterocycles. The van der Waals surface area contributed by atoms with Crippen LogP contribution >= 0.6 is 0 Å². The molecule has 0 atom stereocenters. The van der Waals surface area contributed by atoms with Crippen LogP contribution in [0.3, 0.4) is 0 Å². The lowest BCUT2D eigenvalue weighted by atomic mass is 10.0. The Bertz CT molecular complexity index is 358. The molecule has 1 amide bonds. The van der Waals surface area contributed by atoms with Gasteiger partial charge in [-0.2, -0.15) is 0 Å². The maximum absolute atomic E-state index is 11.4. The average molecular weight is 221 g/mol. The highest BCUT2D eigenvalue weighted by molar-refractivity contribution is 5.77. The van der Waals surface area contributed by atoms with E-state index in [-0.39, 0.29) is 11.8 Å². The quantitative estimate of drug-likeness (QED) is 0.813. The third-order valence-electron chi connectivity index (χ3n) is 2.96. The molecule has 4 heteroatoms. The number of hydrogen-bond acceptors (Lipinski definition) is 2. The second-order valence-electron chi connectivity index (χ2n) is 4.69. The molecule has 0 spiro atoms. The van der Waals surface area contributed by atoms with Gasteiger partial charge in [0.2, 0.25) is 5.91 Å². The van der Waals surface area contributed by atoms with Crippen molar-refractivity contribution < 1.29 is 4.79 Å². The Balaban J connectivity index is 1.95. The summed E-state index contributed by atoms with van der Waals surface area (Å²) in [6.07, 6.45) is 4.65. The minimum absolute atomic E-state index is 0.0320. The first-order valence-electron chi connectivity index (χ1n) is 6.01. The van der Waals surface area contributed by atoms with Crippen molar-refractivity contribution in [1.29, 1.82) is 0 Å². The van der Waals surface area contributed by atoms with E-state index in [0.717, 1.165) is 18.7 Å². The molecule has 2 rings (SSSR count). The first-order valence-corrected chi connectivity index (χ1v) is 6.01. The molecule has 1 aliphatic carbocycles. The Hall–Kier alpha value is -1.32. The van der Waals surface area contributed by atoms with E-state index in [9.17, 15) is 4.79 Å². The zero-order valence-corrected chi connectivity index (χ0v) is 9.97. The van der Waals surface area contributed by atoms with E-state index in [1.165, 1.54) is 24.2 Å². The number of aromatic amines is 1. The topological polar surface area (TPSA) is 57.8 Å². The van der Waals surface area contributed by atoms with Crippen LogP contribution in [0.5, 0.6) is 0 Å². The van der Waals surface area contributed by atoms with E-state index in [4.69, 9.17) is 0 Å². The highest BCUT2D eigenvalue weighted by Gasteiger charge is 2.14. The second-order valence-corrected chi connectivity index (χ2v) is 4.69. The molecule has 1 aromatic heterocycles. The Labute approximate surface area is 95.9 Å². The highest BCUT2D eigenvalue weighted by atomic mass is 16.1. The molecule has 0 unspecified atom stereocenters. The third-order valence-corrected chi connectivity index (χ3v) is 2.96. The maximum atomic E-state index is 11.4. The van der Waals surface area contributed by atoms with Crippen LogP contribution in [0.4, 0.5) is 0 Å². The van der Waals surface area contributed by atoms with Gasteiger partial charge in [0, 0.05) is 11.6 Å². The van der Waals surface area contributed by atoms with Crippen molar-refractivity contribution in [1.82, 2.24) is 15.3 Å². The van der Waals surface area contributed by atoms with Gasteiger partial charge in [-0.3, -0.25) is 4.79 Å². The van der Waals surface area contributed by atoms with Gasteiger partial charge in [-0.05, 0) is 25.7 Å². The predicted molar refractivity (Wildman–Crippen MR) is 61.9 cm³/mol. The summed E-state index contributed by atoms with van der Waals surface area (Å²) in [6.45, 7) is 4.30. The standard InChI is InChI=1S/C12H19N3O/c1-8(2)12(16)13-7-11-14-9-5-3-4-6-10(9)15-11/h8H,3-7H2,1-2H3,(H,13,16)(H,14,15). The fourth-order valence-electron chi connectivity index (χ4n) is 1.97. The summed E-state index contributed by atoms with van der Waals surface area (Å²) in [6, 6.07) is 0. The number of imidazole rings is 1. The lowest BCUT2D eigenvalue weighted by Gasteiger charge is -2.07. The van der Waals surface area contributed by atoms with E-state index in [1.807, 2.05) is 13.8 Å². The van der Waals surface area contributed by atoms with Crippen molar-refractivity contribution in [2.75, 3.05) is 0 Å². The van der Waals surface area contributed by atoms with Crippen LogP contribution in [0.25, 0.3) is 0 Å². The normalized spacial score (nSPS) is 14.9. The lowest BCUT2D eigenvalue weighted by Crippen LogP contribution is -2.27. The van der Waals surface area contributed by atoms with Gasteiger partial charge >= 0.3 is 0 Å². The van der Waals surface area contributed by atoms with Crippen LogP contribution in [-0.4, -0.2) is 15.9 Å². The molecule has 0 saturated heterocycles. The number of carbonyl (C=O) groups is 1. The summed E-state index contributed by atoms with van der Waals surface area (Å²) >= 11 is 0. The molecule has 0 radical (unpaired) electrons. The molecule has 1 aromatic rings. The monoisotopic (exact) mass is 221 g/mol. The van der Waals surface area contributed by atoms with Crippen LogP contribution in [-0.2, 0) is 24.2 Å². The van der Waals surface area contributed by atoms with Gasteiger partial charge in [0.25, 0.3) is 0 Å². The van der Waals surface area contributed by atoms with Gasteiger partial charge < -0.3 is 10.3 Å². The number of aryl methyl sites for hydroxylation is 2. The predicted octanol–water partition coefficient (Wildman–Crippen LogP) is 1.56. The molecule has 16 heavy (non-hydrogen) atoms. The van der Waals surface area contributed by atoms with Gasteiger partial charge in [-0.25, -0.2) is 4.98 Å². The fourth-order valence-corrected chi connectivity index (χ4v) is 1.97. The maximum Gasteiger partial charge on any atom is 0.222 e. The van der Waals surface area contributed by atoms with Crippen LogP contribution in [0.15, 0.2) is 0 Å². The summed E-state index contributed by atoms with van der Waals surface area (Å²) in [5.74, 6) is 1.000. The summed E-state index contributed by atoms with van der Waals surface area (Å²) in [7, 11) is 0. The fraction of sp³-hybridized carbons (Fsp3) is 0.667. The number of H-pyrrole nitrogens is 1. The van der Waals surface area contributed by atoms with Crippen molar-refractivity contribution in [3.8, 4) is 0 Å². The van der Waals surface area contributed by atoms with Gasteiger partial charge in [0.1, 0.15) is 5.82 Å². The molecular weight excluding hydrogens is 202 g/mol. The lowest BCUT2D eigenvalue weighted by molar-refractivity contribution is -0.124. The number of nitrogens with zero attached hydrogens (tertiary/aromatic N) is 1. The van der Waals surface area contributed by atoms with E-state index >= 15 is 0 Å². The van der Waals surface area contributed by atoms with E-state index < -0.39 is 0 Å². The first kappa shape index (κ1) is 11.2. The van der Waals surface area contributed by atoms with Crippen molar-refractivity contribution in [3.05, 3.63) is 17.2 Å². The molecule has 0 saturated carbocycles. The Morgan fingerprint density at radius 1 is 1.44 bits per heavy atom. The molecule has 2 N–H and O–H groups in total. The number of aromatic nitrogens is 2. The molecule has 0 aliphatic heterocycles. The third kappa shape index (κ3) is 2.43. The van der Waals surface area contributed by atoms with E-state index in [2.05, 4.69) is 15.3 Å². The first-order chi connectivity index (χ1) is 7.66. The SMILES string of the molecule is CC(C)C(=O)NCc1nc2c([nH]1)CCCC2. The van der Waals surface area contributed by atoms with Crippen LogP contribution < -0.4 is 5.32 Å². The van der Waals surface area contributed by atoms with Crippen LogP contribution in [0, 0.1) is 5.92 Å². The van der Waals surface area contributed by atoms with Gasteiger partial charge in [0.05, 0.1) is 12.2 Å². The number of fused-ring (bicyclic) bond motifs is 1. The minimum atomic E-state index is 0.0320. The van der Waals surface area contributed by atoms with Crippen LogP contribution in [0.2, 0.25) is 0 Å².